The SMILES string of the molecule is COc1cc2c(cc1OC)C(COc1ccc3c(C)cc(=O)oc3c1)N(C(=O)c1ccc(Cl)cc1Cl)CC2. The van der Waals surface area contributed by atoms with Crippen molar-refractivity contribution in [3.05, 3.63) is 97.3 Å². The summed E-state index contributed by atoms with van der Waals surface area (Å²) in [4.78, 5) is 27.4. The highest BCUT2D eigenvalue weighted by atomic mass is 35.5. The second-order valence-electron chi connectivity index (χ2n) is 9.01. The summed E-state index contributed by atoms with van der Waals surface area (Å²) in [7, 11) is 3.16. The molecule has 0 aliphatic carbocycles. The van der Waals surface area contributed by atoms with Crippen LogP contribution >= 0.6 is 23.2 Å². The van der Waals surface area contributed by atoms with Crippen LogP contribution in [0.25, 0.3) is 11.0 Å². The average Bonchev–Trinajstić information content (AvgIpc) is 2.90. The number of ether oxygens (including phenoxy) is 3. The first kappa shape index (κ1) is 25.9. The van der Waals surface area contributed by atoms with E-state index in [2.05, 4.69) is 0 Å². The van der Waals surface area contributed by atoms with Gasteiger partial charge in [-0.05, 0) is 72.5 Å². The van der Waals surface area contributed by atoms with E-state index in [0.29, 0.717) is 46.4 Å². The van der Waals surface area contributed by atoms with Gasteiger partial charge in [0.1, 0.15) is 17.9 Å². The van der Waals surface area contributed by atoms with Crippen LogP contribution in [0.4, 0.5) is 0 Å². The Morgan fingerprint density at radius 3 is 2.53 bits per heavy atom. The van der Waals surface area contributed by atoms with Crippen LogP contribution in [0.15, 0.2) is 63.8 Å². The lowest BCUT2D eigenvalue weighted by Crippen LogP contribution is -2.42. The Bertz CT molecular complexity index is 1600. The van der Waals surface area contributed by atoms with Crippen molar-refractivity contribution in [2.75, 3.05) is 27.4 Å². The monoisotopic (exact) mass is 553 g/mol. The minimum absolute atomic E-state index is 0.140. The van der Waals surface area contributed by atoms with E-state index >= 15 is 0 Å². The fraction of sp³-hybridized carbons (Fsp3) is 0.241. The summed E-state index contributed by atoms with van der Waals surface area (Å²) in [6, 6.07) is 15.0. The van der Waals surface area contributed by atoms with Crippen LogP contribution in [-0.2, 0) is 6.42 Å². The molecule has 0 spiro atoms. The Hall–Kier alpha value is -3.68. The quantitative estimate of drug-likeness (QED) is 0.263. The Balaban J connectivity index is 1.53. The van der Waals surface area contributed by atoms with Gasteiger partial charge in [-0.2, -0.15) is 0 Å². The van der Waals surface area contributed by atoms with Gasteiger partial charge in [-0.3, -0.25) is 4.79 Å². The maximum absolute atomic E-state index is 13.7. The van der Waals surface area contributed by atoms with E-state index in [1.165, 1.54) is 6.07 Å². The van der Waals surface area contributed by atoms with Crippen molar-refractivity contribution >= 4 is 40.1 Å². The summed E-state index contributed by atoms with van der Waals surface area (Å²) < 4.78 is 22.6. The van der Waals surface area contributed by atoms with Crippen molar-refractivity contribution in [1.82, 2.24) is 4.90 Å². The number of rotatable bonds is 6. The van der Waals surface area contributed by atoms with Crippen LogP contribution in [0.2, 0.25) is 10.0 Å². The molecule has 7 nitrogen and oxygen atoms in total. The standard InChI is InChI=1S/C29H25Cl2NO6/c1-16-10-28(33)38-25-13-19(5-7-20(16)25)37-15-24-22-14-27(36-3)26(35-2)11-17(22)8-9-32(24)29(34)21-6-4-18(30)12-23(21)31/h4-7,10-14,24H,8-9,15H2,1-3H3. The molecule has 2 heterocycles. The van der Waals surface area contributed by atoms with Crippen LogP contribution in [0, 0.1) is 6.92 Å². The molecule has 1 atom stereocenters. The highest BCUT2D eigenvalue weighted by Gasteiger charge is 2.34. The predicted octanol–water partition coefficient (Wildman–Crippen LogP) is 6.24. The molecule has 1 unspecified atom stereocenters. The van der Waals surface area contributed by atoms with E-state index < -0.39 is 11.7 Å². The third-order valence-electron chi connectivity index (χ3n) is 6.76. The summed E-state index contributed by atoms with van der Waals surface area (Å²) >= 11 is 12.5. The number of carbonyl (C=O) groups excluding carboxylic acids is 1. The normalized spacial score (nSPS) is 14.8. The molecule has 4 aromatic rings. The zero-order chi connectivity index (χ0) is 27.0. The minimum atomic E-state index is -0.460. The molecule has 0 saturated carbocycles. The van der Waals surface area contributed by atoms with E-state index in [9.17, 15) is 9.59 Å². The van der Waals surface area contributed by atoms with Crippen LogP contribution in [0.5, 0.6) is 17.2 Å². The first-order valence-electron chi connectivity index (χ1n) is 12.0. The molecule has 3 aromatic carbocycles. The van der Waals surface area contributed by atoms with Gasteiger partial charge in [0.2, 0.25) is 0 Å². The molecule has 1 amide bonds. The molecule has 0 saturated heterocycles. The number of amides is 1. The Morgan fingerprint density at radius 1 is 1.03 bits per heavy atom. The average molecular weight is 554 g/mol. The molecular weight excluding hydrogens is 529 g/mol. The van der Waals surface area contributed by atoms with Crippen LogP contribution in [-0.4, -0.2) is 38.2 Å². The van der Waals surface area contributed by atoms with Gasteiger partial charge in [0.05, 0.1) is 30.8 Å². The molecule has 38 heavy (non-hydrogen) atoms. The first-order chi connectivity index (χ1) is 18.3. The number of halogens is 2. The molecule has 0 N–H and O–H groups in total. The number of nitrogens with zero attached hydrogens (tertiary/aromatic N) is 1. The number of fused-ring (bicyclic) bond motifs is 2. The van der Waals surface area contributed by atoms with Crippen molar-refractivity contribution in [1.29, 1.82) is 0 Å². The first-order valence-corrected chi connectivity index (χ1v) is 12.7. The molecule has 9 heteroatoms. The van der Waals surface area contributed by atoms with Crippen molar-refractivity contribution in [3.8, 4) is 17.2 Å². The Kier molecular flexibility index (Phi) is 7.23. The zero-order valence-corrected chi connectivity index (χ0v) is 22.6. The second-order valence-corrected chi connectivity index (χ2v) is 9.86. The van der Waals surface area contributed by atoms with Crippen molar-refractivity contribution in [2.45, 2.75) is 19.4 Å². The lowest BCUT2D eigenvalue weighted by atomic mass is 9.91. The minimum Gasteiger partial charge on any atom is -0.493 e. The second kappa shape index (κ2) is 10.6. The molecule has 196 valence electrons. The molecule has 1 aliphatic rings. The summed E-state index contributed by atoms with van der Waals surface area (Å²) in [6.07, 6.45) is 0.615. The third kappa shape index (κ3) is 4.91. The molecule has 1 aliphatic heterocycles. The summed E-state index contributed by atoms with van der Waals surface area (Å²) in [5.41, 5.74) is 3.10. The fourth-order valence-corrected chi connectivity index (χ4v) is 5.33. The molecule has 1 aromatic heterocycles. The smallest absolute Gasteiger partial charge is 0.336 e. The van der Waals surface area contributed by atoms with E-state index in [1.807, 2.05) is 31.2 Å². The van der Waals surface area contributed by atoms with E-state index in [1.54, 1.807) is 43.4 Å². The van der Waals surface area contributed by atoms with Gasteiger partial charge in [0, 0.05) is 29.1 Å². The number of methoxy groups -OCH3 is 2. The van der Waals surface area contributed by atoms with Gasteiger partial charge in [0.25, 0.3) is 5.91 Å². The molecule has 0 bridgehead atoms. The number of benzene rings is 3. The maximum atomic E-state index is 13.7. The highest BCUT2D eigenvalue weighted by Crippen LogP contribution is 2.39. The topological polar surface area (TPSA) is 78.2 Å². The lowest BCUT2D eigenvalue weighted by Gasteiger charge is -2.38. The molecular formula is C29H25Cl2NO6. The predicted molar refractivity (Wildman–Crippen MR) is 146 cm³/mol. The third-order valence-corrected chi connectivity index (χ3v) is 7.30. The van der Waals surface area contributed by atoms with Gasteiger partial charge in [0.15, 0.2) is 11.5 Å². The lowest BCUT2D eigenvalue weighted by molar-refractivity contribution is 0.0589. The van der Waals surface area contributed by atoms with E-state index in [-0.39, 0.29) is 17.5 Å². The summed E-state index contributed by atoms with van der Waals surface area (Å²) in [6.45, 7) is 2.44. The van der Waals surface area contributed by atoms with Crippen LogP contribution < -0.4 is 19.8 Å². The zero-order valence-electron chi connectivity index (χ0n) is 21.0. The van der Waals surface area contributed by atoms with Gasteiger partial charge < -0.3 is 23.5 Å². The number of aryl methyl sites for hydroxylation is 1. The fourth-order valence-electron chi connectivity index (χ4n) is 4.84. The van der Waals surface area contributed by atoms with Crippen molar-refractivity contribution in [3.63, 3.8) is 0 Å². The number of carbonyl (C=O) groups is 1. The maximum Gasteiger partial charge on any atom is 0.336 e. The summed E-state index contributed by atoms with van der Waals surface area (Å²) in [5.74, 6) is 1.45. The Labute approximate surface area is 229 Å². The van der Waals surface area contributed by atoms with Gasteiger partial charge in [-0.15, -0.1) is 0 Å². The van der Waals surface area contributed by atoms with Crippen molar-refractivity contribution in [2.24, 2.45) is 0 Å². The Morgan fingerprint density at radius 2 is 1.79 bits per heavy atom. The largest absolute Gasteiger partial charge is 0.493 e. The van der Waals surface area contributed by atoms with Gasteiger partial charge >= 0.3 is 5.63 Å². The van der Waals surface area contributed by atoms with Gasteiger partial charge in [-0.25, -0.2) is 4.79 Å². The van der Waals surface area contributed by atoms with E-state index in [0.717, 1.165) is 22.1 Å². The van der Waals surface area contributed by atoms with Crippen LogP contribution in [0.3, 0.4) is 0 Å². The van der Waals surface area contributed by atoms with Gasteiger partial charge in [-0.1, -0.05) is 23.2 Å². The number of hydrogen-bond donors (Lipinski definition) is 0. The number of hydrogen-bond acceptors (Lipinski definition) is 6. The molecule has 0 fully saturated rings. The van der Waals surface area contributed by atoms with Crippen molar-refractivity contribution < 1.29 is 23.4 Å². The highest BCUT2D eigenvalue weighted by molar-refractivity contribution is 6.36. The van der Waals surface area contributed by atoms with Crippen LogP contribution in [0.1, 0.15) is 33.1 Å². The molecule has 0 radical (unpaired) electrons. The molecule has 5 rings (SSSR count). The summed E-state index contributed by atoms with van der Waals surface area (Å²) in [5, 5.41) is 1.55. The van der Waals surface area contributed by atoms with E-state index in [4.69, 9.17) is 41.8 Å².